The lowest BCUT2D eigenvalue weighted by atomic mass is 10.1. The molecule has 0 atom stereocenters. The Labute approximate surface area is 215 Å². The summed E-state index contributed by atoms with van der Waals surface area (Å²) in [5.41, 5.74) is 5.33. The summed E-state index contributed by atoms with van der Waals surface area (Å²) in [4.78, 5) is 13.6. The standard InChI is InChI=1S/C31H28N2O4/c1-21-10-4-5-11-24(21)20-37-27-16-15-23(18-28(27)36-3)19-33-29-14-8-9-17-32(29)30(22(2)31(33)35)25-12-6-7-13-26(25)34/h4-18H,19-20H2,1-3H3. The molecule has 0 bridgehead atoms. The molecule has 0 aliphatic heterocycles. The fourth-order valence-electron chi connectivity index (χ4n) is 4.62. The Kier molecular flexibility index (Phi) is 6.64. The second-order valence-electron chi connectivity index (χ2n) is 8.99. The van der Waals surface area contributed by atoms with Gasteiger partial charge in [-0.1, -0.05) is 66.4 Å². The van der Waals surface area contributed by atoms with Crippen LogP contribution in [0.25, 0.3) is 16.9 Å². The summed E-state index contributed by atoms with van der Waals surface area (Å²) < 4.78 is 15.3. The minimum atomic E-state index is -0.150. The highest BCUT2D eigenvalue weighted by molar-refractivity contribution is 5.67. The van der Waals surface area contributed by atoms with Gasteiger partial charge in [-0.25, -0.2) is 4.79 Å². The Morgan fingerprint density at radius 1 is 0.892 bits per heavy atom. The Morgan fingerprint density at radius 3 is 2.43 bits per heavy atom. The van der Waals surface area contributed by atoms with Crippen molar-refractivity contribution in [2.45, 2.75) is 27.0 Å². The van der Waals surface area contributed by atoms with Crippen LogP contribution in [0.3, 0.4) is 0 Å². The summed E-state index contributed by atoms with van der Waals surface area (Å²) in [6.07, 6.45) is 1.88. The molecule has 186 valence electrons. The zero-order chi connectivity index (χ0) is 25.9. The van der Waals surface area contributed by atoms with Gasteiger partial charge in [0.05, 0.1) is 18.9 Å². The first kappa shape index (κ1) is 24.1. The molecule has 0 spiro atoms. The van der Waals surface area contributed by atoms with Crippen molar-refractivity contribution in [1.82, 2.24) is 4.57 Å². The van der Waals surface area contributed by atoms with Gasteiger partial charge in [0.2, 0.25) is 0 Å². The maximum atomic E-state index is 13.6. The third-order valence-corrected chi connectivity index (χ3v) is 6.63. The quantitative estimate of drug-likeness (QED) is 0.312. The monoisotopic (exact) mass is 492 g/mol. The van der Waals surface area contributed by atoms with E-state index < -0.39 is 0 Å². The van der Waals surface area contributed by atoms with Crippen LogP contribution in [0.4, 0.5) is 0 Å². The first-order valence-corrected chi connectivity index (χ1v) is 12.1. The van der Waals surface area contributed by atoms with E-state index >= 15 is 0 Å². The fraction of sp³-hybridized carbons (Fsp3) is 0.161. The molecule has 6 nitrogen and oxygen atoms in total. The average Bonchev–Trinajstić information content (AvgIpc) is 2.92. The number of nitrogens with zero attached hydrogens (tertiary/aromatic N) is 2. The van der Waals surface area contributed by atoms with Gasteiger partial charge in [0.1, 0.15) is 18.8 Å². The average molecular weight is 493 g/mol. The smallest absolute Gasteiger partial charge is 0.341 e. The van der Waals surface area contributed by atoms with Gasteiger partial charge in [-0.15, -0.1) is 0 Å². The van der Waals surface area contributed by atoms with Crippen molar-refractivity contribution in [1.29, 1.82) is 0 Å². The van der Waals surface area contributed by atoms with Crippen LogP contribution in [0.5, 0.6) is 17.2 Å². The summed E-state index contributed by atoms with van der Waals surface area (Å²) in [5.74, 6) is 1.12. The maximum Gasteiger partial charge on any atom is 0.341 e. The molecule has 0 saturated carbocycles. The molecule has 3 aromatic carbocycles. The first-order valence-electron chi connectivity index (χ1n) is 12.1. The van der Waals surface area contributed by atoms with E-state index in [-0.39, 0.29) is 11.3 Å². The second kappa shape index (κ2) is 10.2. The van der Waals surface area contributed by atoms with Gasteiger partial charge in [-0.2, -0.15) is 8.97 Å². The van der Waals surface area contributed by atoms with E-state index in [1.165, 1.54) is 11.6 Å². The number of pyridine rings is 1. The van der Waals surface area contributed by atoms with Crippen LogP contribution in [-0.4, -0.2) is 11.7 Å². The normalized spacial score (nSPS) is 11.0. The molecule has 0 aliphatic carbocycles. The van der Waals surface area contributed by atoms with Crippen molar-refractivity contribution in [2.24, 2.45) is 0 Å². The third kappa shape index (κ3) is 4.66. The molecular weight excluding hydrogens is 464 g/mol. The highest BCUT2D eigenvalue weighted by Crippen LogP contribution is 2.30. The second-order valence-corrected chi connectivity index (χ2v) is 8.99. The van der Waals surface area contributed by atoms with Gasteiger partial charge in [0.25, 0.3) is 5.65 Å². The SMILES string of the molecule is COc1cc(Cn2c(=O)c(C)c(-c3ccccc3[O-])[n+]3ccccc23)ccc1OCc1ccccc1C. The van der Waals surface area contributed by atoms with Gasteiger partial charge < -0.3 is 14.6 Å². The third-order valence-electron chi connectivity index (χ3n) is 6.63. The number of aromatic nitrogens is 2. The molecule has 2 aromatic heterocycles. The molecule has 0 saturated heterocycles. The number of rotatable bonds is 7. The van der Waals surface area contributed by atoms with E-state index in [2.05, 4.69) is 13.0 Å². The zero-order valence-corrected chi connectivity index (χ0v) is 21.1. The number of hydrogen-bond donors (Lipinski definition) is 0. The molecule has 37 heavy (non-hydrogen) atoms. The lowest BCUT2D eigenvalue weighted by Gasteiger charge is -2.16. The van der Waals surface area contributed by atoms with E-state index in [4.69, 9.17) is 9.47 Å². The predicted octanol–water partition coefficient (Wildman–Crippen LogP) is 4.58. The van der Waals surface area contributed by atoms with Crippen molar-refractivity contribution < 1.29 is 19.0 Å². The highest BCUT2D eigenvalue weighted by atomic mass is 16.5. The Hall–Kier alpha value is -4.58. The summed E-state index contributed by atoms with van der Waals surface area (Å²) in [6, 6.07) is 26.3. The molecule has 0 amide bonds. The maximum absolute atomic E-state index is 13.6. The number of aryl methyl sites for hydroxylation is 1. The lowest BCUT2D eigenvalue weighted by Crippen LogP contribution is -2.38. The summed E-state index contributed by atoms with van der Waals surface area (Å²) in [6.45, 7) is 4.59. The number of fused-ring (bicyclic) bond motifs is 1. The van der Waals surface area contributed by atoms with Gasteiger partial charge >= 0.3 is 5.56 Å². The number of benzene rings is 3. The molecular formula is C31H28N2O4. The van der Waals surface area contributed by atoms with Crippen molar-refractivity contribution >= 4 is 5.65 Å². The Balaban J connectivity index is 1.52. The van der Waals surface area contributed by atoms with Gasteiger partial charge in [-0.3, -0.25) is 0 Å². The molecule has 5 aromatic rings. The van der Waals surface area contributed by atoms with Gasteiger partial charge in [0, 0.05) is 11.6 Å². The number of para-hydroxylation sites is 1. The topological polar surface area (TPSA) is 67.6 Å². The summed E-state index contributed by atoms with van der Waals surface area (Å²) in [7, 11) is 1.61. The van der Waals surface area contributed by atoms with E-state index in [0.717, 1.165) is 11.1 Å². The minimum absolute atomic E-state index is 0.119. The minimum Gasteiger partial charge on any atom is -0.872 e. The van der Waals surface area contributed by atoms with E-state index in [1.807, 2.05) is 71.3 Å². The molecule has 6 heteroatoms. The number of methoxy groups -OCH3 is 1. The Morgan fingerprint density at radius 2 is 1.65 bits per heavy atom. The van der Waals surface area contributed by atoms with Crippen LogP contribution in [0, 0.1) is 13.8 Å². The van der Waals surface area contributed by atoms with Crippen molar-refractivity contribution in [3.63, 3.8) is 0 Å². The van der Waals surface area contributed by atoms with Crippen molar-refractivity contribution in [3.05, 3.63) is 124 Å². The van der Waals surface area contributed by atoms with Crippen molar-refractivity contribution in [3.8, 4) is 28.5 Å². The lowest BCUT2D eigenvalue weighted by molar-refractivity contribution is -0.504. The van der Waals surface area contributed by atoms with Crippen LogP contribution in [0.2, 0.25) is 0 Å². The Bertz CT molecular complexity index is 1660. The van der Waals surface area contributed by atoms with Crippen LogP contribution in [-0.2, 0) is 13.2 Å². The molecule has 0 fully saturated rings. The van der Waals surface area contributed by atoms with E-state index in [0.29, 0.717) is 47.1 Å². The van der Waals surface area contributed by atoms with Crippen molar-refractivity contribution in [2.75, 3.05) is 7.11 Å². The largest absolute Gasteiger partial charge is 0.872 e. The number of ether oxygens (including phenoxy) is 2. The summed E-state index contributed by atoms with van der Waals surface area (Å²) in [5, 5.41) is 12.6. The first-order chi connectivity index (χ1) is 18.0. The van der Waals surface area contributed by atoms with E-state index in [1.54, 1.807) is 30.7 Å². The van der Waals surface area contributed by atoms with Crippen LogP contribution in [0.15, 0.2) is 95.9 Å². The van der Waals surface area contributed by atoms with E-state index in [9.17, 15) is 9.90 Å². The van der Waals surface area contributed by atoms with Crippen LogP contribution < -0.4 is 24.5 Å². The molecule has 0 radical (unpaired) electrons. The van der Waals surface area contributed by atoms with Gasteiger partial charge in [-0.05, 0) is 48.7 Å². The van der Waals surface area contributed by atoms with Crippen LogP contribution >= 0.6 is 0 Å². The molecule has 0 N–H and O–H groups in total. The number of hydrogen-bond acceptors (Lipinski definition) is 4. The van der Waals surface area contributed by atoms with Gasteiger partial charge in [0.15, 0.2) is 11.5 Å². The fourth-order valence-corrected chi connectivity index (χ4v) is 4.62. The highest BCUT2D eigenvalue weighted by Gasteiger charge is 2.23. The predicted molar refractivity (Wildman–Crippen MR) is 141 cm³/mol. The molecule has 2 heterocycles. The molecule has 5 rings (SSSR count). The molecule has 0 unspecified atom stereocenters. The van der Waals surface area contributed by atoms with Crippen LogP contribution in [0.1, 0.15) is 22.3 Å². The molecule has 0 aliphatic rings. The summed E-state index contributed by atoms with van der Waals surface area (Å²) >= 11 is 0. The zero-order valence-electron chi connectivity index (χ0n) is 21.1.